The quantitative estimate of drug-likeness (QED) is 0.240. The van der Waals surface area contributed by atoms with E-state index in [1.165, 1.54) is 64.2 Å². The van der Waals surface area contributed by atoms with Gasteiger partial charge in [-0.1, -0.05) is 63.7 Å². The Morgan fingerprint density at radius 3 is 2.37 bits per heavy atom. The van der Waals surface area contributed by atoms with Crippen LogP contribution in [0.1, 0.15) is 76.7 Å². The minimum Gasteiger partial charge on any atom is -0.493 e. The van der Waals surface area contributed by atoms with Crippen LogP contribution in [0.15, 0.2) is 30.4 Å². The number of nitrogens with two attached hydrogens (primary N) is 1. The molecule has 30 heavy (non-hydrogen) atoms. The van der Waals surface area contributed by atoms with E-state index in [1.807, 2.05) is 12.1 Å². The molecule has 0 aliphatic carbocycles. The van der Waals surface area contributed by atoms with E-state index in [2.05, 4.69) is 24.4 Å². The van der Waals surface area contributed by atoms with Crippen LogP contribution in [-0.2, 0) is 11.2 Å². The summed E-state index contributed by atoms with van der Waals surface area (Å²) in [5.41, 5.74) is 6.06. The summed E-state index contributed by atoms with van der Waals surface area (Å²) in [6.45, 7) is 4.65. The van der Waals surface area contributed by atoms with Crippen molar-refractivity contribution in [3.8, 4) is 11.5 Å². The lowest BCUT2D eigenvalue weighted by Crippen LogP contribution is -2.22. The predicted octanol–water partition coefficient (Wildman–Crippen LogP) is 5.17. The molecule has 3 N–H and O–H groups in total. The molecule has 170 valence electrons. The van der Waals surface area contributed by atoms with Crippen molar-refractivity contribution in [2.75, 3.05) is 26.8 Å². The fraction of sp³-hybridized carbons (Fsp3) is 0.640. The average Bonchev–Trinajstić information content (AvgIpc) is 2.73. The van der Waals surface area contributed by atoms with Crippen molar-refractivity contribution in [1.29, 1.82) is 0 Å². The first-order valence-electron chi connectivity index (χ1n) is 11.6. The molecule has 0 saturated carbocycles. The third kappa shape index (κ3) is 13.3. The molecule has 0 saturated heterocycles. The number of nitrogens with one attached hydrogen (secondary N) is 1. The van der Waals surface area contributed by atoms with E-state index in [0.29, 0.717) is 18.1 Å². The molecule has 0 aromatic heterocycles. The molecule has 0 unspecified atom stereocenters. The second kappa shape index (κ2) is 17.8. The Morgan fingerprint density at radius 2 is 1.67 bits per heavy atom. The van der Waals surface area contributed by atoms with Gasteiger partial charge in [0.2, 0.25) is 5.91 Å². The monoisotopic (exact) mass is 418 g/mol. The lowest BCUT2D eigenvalue weighted by atomic mass is 10.1. The lowest BCUT2D eigenvalue weighted by Gasteiger charge is -2.12. The SMILES string of the molecule is CCCC/C=C\CCCCCCCCNCCOc1ccc(CC(N)=O)cc1OC. The van der Waals surface area contributed by atoms with Gasteiger partial charge in [-0.2, -0.15) is 0 Å². The highest BCUT2D eigenvalue weighted by Crippen LogP contribution is 2.28. The maximum Gasteiger partial charge on any atom is 0.221 e. The van der Waals surface area contributed by atoms with Gasteiger partial charge in [0, 0.05) is 6.54 Å². The van der Waals surface area contributed by atoms with E-state index >= 15 is 0 Å². The van der Waals surface area contributed by atoms with E-state index in [-0.39, 0.29) is 12.3 Å². The van der Waals surface area contributed by atoms with Gasteiger partial charge in [0.05, 0.1) is 13.5 Å². The van der Waals surface area contributed by atoms with Gasteiger partial charge in [-0.3, -0.25) is 4.79 Å². The summed E-state index contributed by atoms with van der Waals surface area (Å²) >= 11 is 0. The van der Waals surface area contributed by atoms with Gasteiger partial charge in [-0.25, -0.2) is 0 Å². The molecular formula is C25H42N2O3. The Hall–Kier alpha value is -2.01. The zero-order valence-corrected chi connectivity index (χ0v) is 19.1. The standard InChI is InChI=1S/C25H42N2O3/c1-3-4-5-6-7-8-9-10-11-12-13-14-17-27-18-19-30-23-16-15-22(21-25(26)28)20-24(23)29-2/h6-7,15-16,20,27H,3-5,8-14,17-19,21H2,1-2H3,(H2,26,28)/b7-6-. The molecule has 0 bridgehead atoms. The summed E-state index contributed by atoms with van der Waals surface area (Å²) in [6, 6.07) is 5.48. The molecule has 1 rings (SSSR count). The van der Waals surface area contributed by atoms with Crippen molar-refractivity contribution in [2.24, 2.45) is 5.73 Å². The molecule has 0 aliphatic heterocycles. The van der Waals surface area contributed by atoms with Gasteiger partial charge in [-0.15, -0.1) is 0 Å². The van der Waals surface area contributed by atoms with Crippen molar-refractivity contribution < 1.29 is 14.3 Å². The van der Waals surface area contributed by atoms with Crippen LogP contribution in [0.25, 0.3) is 0 Å². The fourth-order valence-electron chi connectivity index (χ4n) is 3.28. The zero-order chi connectivity index (χ0) is 21.9. The topological polar surface area (TPSA) is 73.6 Å². The average molecular weight is 419 g/mol. The molecule has 5 heteroatoms. The molecule has 0 heterocycles. The van der Waals surface area contributed by atoms with Crippen LogP contribution in [0.5, 0.6) is 11.5 Å². The van der Waals surface area contributed by atoms with Crippen LogP contribution in [0, 0.1) is 0 Å². The number of carbonyl (C=O) groups is 1. The summed E-state index contributed by atoms with van der Waals surface area (Å²) in [4.78, 5) is 11.0. The van der Waals surface area contributed by atoms with Crippen LogP contribution in [0.4, 0.5) is 0 Å². The number of hydrogen-bond acceptors (Lipinski definition) is 4. The zero-order valence-electron chi connectivity index (χ0n) is 19.1. The number of ether oxygens (including phenoxy) is 2. The molecular weight excluding hydrogens is 376 g/mol. The number of methoxy groups -OCH3 is 1. The molecule has 1 aromatic carbocycles. The third-order valence-corrected chi connectivity index (χ3v) is 5.01. The molecule has 5 nitrogen and oxygen atoms in total. The first kappa shape index (κ1) is 26.0. The molecule has 0 aliphatic rings. The highest BCUT2D eigenvalue weighted by molar-refractivity contribution is 5.76. The minimum absolute atomic E-state index is 0.203. The first-order valence-corrected chi connectivity index (χ1v) is 11.6. The summed E-state index contributed by atoms with van der Waals surface area (Å²) in [6.07, 6.45) is 17.8. The highest BCUT2D eigenvalue weighted by Gasteiger charge is 2.07. The molecule has 1 amide bonds. The summed E-state index contributed by atoms with van der Waals surface area (Å²) in [5.74, 6) is 0.961. The summed E-state index contributed by atoms with van der Waals surface area (Å²) < 4.78 is 11.1. The number of rotatable bonds is 19. The molecule has 0 fully saturated rings. The normalized spacial score (nSPS) is 11.1. The third-order valence-electron chi connectivity index (χ3n) is 5.01. The van der Waals surface area contributed by atoms with Gasteiger partial charge >= 0.3 is 0 Å². The number of benzene rings is 1. The van der Waals surface area contributed by atoms with E-state index in [0.717, 1.165) is 18.7 Å². The van der Waals surface area contributed by atoms with Gasteiger partial charge in [0.15, 0.2) is 11.5 Å². The van der Waals surface area contributed by atoms with Crippen LogP contribution in [0.2, 0.25) is 0 Å². The highest BCUT2D eigenvalue weighted by atomic mass is 16.5. The Morgan fingerprint density at radius 1 is 0.967 bits per heavy atom. The molecule has 0 spiro atoms. The van der Waals surface area contributed by atoms with Crippen molar-refractivity contribution in [1.82, 2.24) is 5.32 Å². The lowest BCUT2D eigenvalue weighted by molar-refractivity contribution is -0.117. The largest absolute Gasteiger partial charge is 0.493 e. The van der Waals surface area contributed by atoms with Gasteiger partial charge < -0.3 is 20.5 Å². The Labute approximate surface area is 183 Å². The second-order valence-corrected chi connectivity index (χ2v) is 7.75. The number of amides is 1. The maximum absolute atomic E-state index is 11.0. The van der Waals surface area contributed by atoms with Gasteiger partial charge in [0.25, 0.3) is 0 Å². The second-order valence-electron chi connectivity index (χ2n) is 7.75. The molecule has 1 aromatic rings. The number of hydrogen-bond donors (Lipinski definition) is 2. The maximum atomic E-state index is 11.0. The smallest absolute Gasteiger partial charge is 0.221 e. The predicted molar refractivity (Wildman–Crippen MR) is 125 cm³/mol. The first-order chi connectivity index (χ1) is 14.7. The van der Waals surface area contributed by atoms with Crippen molar-refractivity contribution >= 4 is 5.91 Å². The van der Waals surface area contributed by atoms with Crippen LogP contribution in [-0.4, -0.2) is 32.7 Å². The van der Waals surface area contributed by atoms with Crippen LogP contribution >= 0.6 is 0 Å². The minimum atomic E-state index is -0.357. The Balaban J connectivity index is 1.98. The van der Waals surface area contributed by atoms with E-state index in [9.17, 15) is 4.79 Å². The fourth-order valence-corrected chi connectivity index (χ4v) is 3.28. The van der Waals surface area contributed by atoms with Crippen molar-refractivity contribution in [2.45, 2.75) is 77.6 Å². The van der Waals surface area contributed by atoms with Gasteiger partial charge in [-0.05, 0) is 49.9 Å². The number of carbonyl (C=O) groups excluding carboxylic acids is 1. The summed E-state index contributed by atoms with van der Waals surface area (Å²) in [7, 11) is 1.60. The van der Waals surface area contributed by atoms with E-state index < -0.39 is 0 Å². The van der Waals surface area contributed by atoms with Crippen molar-refractivity contribution in [3.05, 3.63) is 35.9 Å². The van der Waals surface area contributed by atoms with Crippen molar-refractivity contribution in [3.63, 3.8) is 0 Å². The number of primary amides is 1. The van der Waals surface area contributed by atoms with Crippen LogP contribution < -0.4 is 20.5 Å². The number of allylic oxidation sites excluding steroid dienone is 2. The Bertz CT molecular complexity index is 602. The van der Waals surface area contributed by atoms with Crippen LogP contribution in [0.3, 0.4) is 0 Å². The Kier molecular flexibility index (Phi) is 15.5. The molecule has 0 radical (unpaired) electrons. The number of unbranched alkanes of at least 4 members (excludes halogenated alkanes) is 8. The van der Waals surface area contributed by atoms with E-state index in [1.54, 1.807) is 13.2 Å². The van der Waals surface area contributed by atoms with Gasteiger partial charge in [0.1, 0.15) is 6.61 Å². The van der Waals surface area contributed by atoms with E-state index in [4.69, 9.17) is 15.2 Å². The molecule has 0 atom stereocenters. The summed E-state index contributed by atoms with van der Waals surface area (Å²) in [5, 5.41) is 3.43.